The number of carbonyl (C=O) groups is 3. The molecule has 6 nitrogen and oxygen atoms in total. The van der Waals surface area contributed by atoms with Crippen molar-refractivity contribution in [3.63, 3.8) is 0 Å². The molecule has 0 atom stereocenters. The summed E-state index contributed by atoms with van der Waals surface area (Å²) in [6.07, 6.45) is 2.49. The number of carbonyl (C=O) groups excluding carboxylic acids is 3. The van der Waals surface area contributed by atoms with Crippen LogP contribution in [0.25, 0.3) is 0 Å². The average Bonchev–Trinajstić information content (AvgIpc) is 2.14. The van der Waals surface area contributed by atoms with Crippen LogP contribution >= 0.6 is 0 Å². The first-order chi connectivity index (χ1) is 6.58. The summed E-state index contributed by atoms with van der Waals surface area (Å²) >= 11 is 0. The van der Waals surface area contributed by atoms with Crippen molar-refractivity contribution in [2.24, 2.45) is 5.73 Å². The molecule has 0 heterocycles. The van der Waals surface area contributed by atoms with E-state index in [1.807, 2.05) is 10.9 Å². The lowest BCUT2D eigenvalue weighted by atomic mass is 10.4. The van der Waals surface area contributed by atoms with Gasteiger partial charge in [0.1, 0.15) is 6.42 Å². The number of hydrogen-bond donors (Lipinski definition) is 3. The monoisotopic (exact) mass is 203 g/mol. The minimum absolute atomic E-state index is 0.277. The van der Waals surface area contributed by atoms with Crippen LogP contribution in [-0.4, -0.2) is 18.2 Å². The molecule has 82 valence electrons. The molecular formula is C8H17N3O3. The van der Waals surface area contributed by atoms with Crippen molar-refractivity contribution in [3.05, 3.63) is 0 Å². The second kappa shape index (κ2) is 11.4. The molecule has 0 fully saturated rings. The number of nitrogens with two attached hydrogens (primary N) is 1. The highest BCUT2D eigenvalue weighted by molar-refractivity contribution is 5.96. The Balaban J connectivity index is 0. The number of hydrazine groups is 1. The molecule has 0 rings (SSSR count). The van der Waals surface area contributed by atoms with Gasteiger partial charge < -0.3 is 5.73 Å². The molecule has 4 N–H and O–H groups in total. The van der Waals surface area contributed by atoms with Gasteiger partial charge in [-0.25, -0.2) is 0 Å². The molecule has 6 heteroatoms. The van der Waals surface area contributed by atoms with Crippen molar-refractivity contribution in [2.75, 3.05) is 0 Å². The molecule has 14 heavy (non-hydrogen) atoms. The highest BCUT2D eigenvalue weighted by Gasteiger charge is 2.02. The molecule has 3 amide bonds. The van der Waals surface area contributed by atoms with E-state index in [9.17, 15) is 14.4 Å². The maximum atomic E-state index is 10.4. The summed E-state index contributed by atoms with van der Waals surface area (Å²) in [5.41, 5.74) is 8.42. The zero-order chi connectivity index (χ0) is 11.4. The van der Waals surface area contributed by atoms with Crippen LogP contribution in [0.2, 0.25) is 0 Å². The van der Waals surface area contributed by atoms with Gasteiger partial charge in [0.15, 0.2) is 0 Å². The summed E-state index contributed by atoms with van der Waals surface area (Å²) in [5.74, 6) is -1.38. The van der Waals surface area contributed by atoms with E-state index in [1.54, 1.807) is 0 Å². The summed E-state index contributed by atoms with van der Waals surface area (Å²) in [7, 11) is 0. The highest BCUT2D eigenvalue weighted by atomic mass is 16.2. The Hall–Kier alpha value is -1.59. The number of unbranched alkanes of at least 4 members (excludes halogenated alkanes) is 1. The van der Waals surface area contributed by atoms with Crippen molar-refractivity contribution >= 4 is 18.2 Å². The van der Waals surface area contributed by atoms with Crippen LogP contribution in [0.15, 0.2) is 0 Å². The Morgan fingerprint density at radius 1 is 1.29 bits per heavy atom. The van der Waals surface area contributed by atoms with Crippen LogP contribution in [0.3, 0.4) is 0 Å². The zero-order valence-corrected chi connectivity index (χ0v) is 8.50. The van der Waals surface area contributed by atoms with Gasteiger partial charge in [0.25, 0.3) is 0 Å². The van der Waals surface area contributed by atoms with Crippen molar-refractivity contribution < 1.29 is 14.4 Å². The second-order valence-corrected chi connectivity index (χ2v) is 2.45. The largest absolute Gasteiger partial charge is 0.369 e. The molecule has 0 aromatic carbocycles. The fourth-order valence-electron chi connectivity index (χ4n) is 0.312. The van der Waals surface area contributed by atoms with E-state index in [4.69, 9.17) is 0 Å². The third-order valence-corrected chi connectivity index (χ3v) is 1.11. The van der Waals surface area contributed by atoms with Crippen molar-refractivity contribution in [3.8, 4) is 0 Å². The summed E-state index contributed by atoms with van der Waals surface area (Å²) in [6, 6.07) is 0. The molecule has 0 aliphatic carbocycles. The number of amides is 3. The van der Waals surface area contributed by atoms with Crippen LogP contribution in [-0.2, 0) is 14.4 Å². The Kier molecular flexibility index (Phi) is 12.2. The van der Waals surface area contributed by atoms with Gasteiger partial charge in [-0.3, -0.25) is 25.2 Å². The number of nitrogens with one attached hydrogen (secondary N) is 2. The van der Waals surface area contributed by atoms with Gasteiger partial charge in [-0.2, -0.15) is 0 Å². The van der Waals surface area contributed by atoms with Gasteiger partial charge in [-0.05, 0) is 0 Å². The molecule has 0 spiro atoms. The number of rotatable bonds is 5. The lowest BCUT2D eigenvalue weighted by molar-refractivity contribution is -0.129. The molecule has 0 aromatic rings. The highest BCUT2D eigenvalue weighted by Crippen LogP contribution is 1.76. The lowest BCUT2D eigenvalue weighted by Gasteiger charge is -1.97. The first-order valence-electron chi connectivity index (χ1n) is 4.34. The number of hydrogen-bond acceptors (Lipinski definition) is 3. The third kappa shape index (κ3) is 16.8. The normalized spacial score (nSPS) is 7.86. The molecule has 0 unspecified atom stereocenters. The quantitative estimate of drug-likeness (QED) is 0.317. The van der Waals surface area contributed by atoms with Crippen LogP contribution < -0.4 is 16.6 Å². The van der Waals surface area contributed by atoms with Gasteiger partial charge in [-0.1, -0.05) is 26.7 Å². The summed E-state index contributed by atoms with van der Waals surface area (Å²) in [4.78, 5) is 30.0. The van der Waals surface area contributed by atoms with E-state index in [0.29, 0.717) is 0 Å². The molecule has 0 bridgehead atoms. The van der Waals surface area contributed by atoms with E-state index in [0.717, 1.165) is 0 Å². The van der Waals surface area contributed by atoms with E-state index in [-0.39, 0.29) is 6.41 Å². The van der Waals surface area contributed by atoms with Gasteiger partial charge in [0.05, 0.1) is 0 Å². The predicted molar refractivity (Wildman–Crippen MR) is 51.7 cm³/mol. The first kappa shape index (κ1) is 14.9. The second-order valence-electron chi connectivity index (χ2n) is 2.45. The molecule has 0 saturated carbocycles. The maximum Gasteiger partial charge on any atom is 0.247 e. The van der Waals surface area contributed by atoms with E-state index < -0.39 is 18.2 Å². The van der Waals surface area contributed by atoms with Crippen molar-refractivity contribution in [1.29, 1.82) is 0 Å². The Morgan fingerprint density at radius 2 is 1.79 bits per heavy atom. The van der Waals surface area contributed by atoms with Gasteiger partial charge in [0, 0.05) is 0 Å². The third-order valence-electron chi connectivity index (χ3n) is 1.11. The van der Waals surface area contributed by atoms with Crippen LogP contribution in [0.5, 0.6) is 0 Å². The van der Waals surface area contributed by atoms with E-state index in [1.165, 1.54) is 12.8 Å². The minimum atomic E-state index is -0.745. The Labute approximate surface area is 83.2 Å². The van der Waals surface area contributed by atoms with E-state index in [2.05, 4.69) is 19.6 Å². The fraction of sp³-hybridized carbons (Fsp3) is 0.625. The summed E-state index contributed by atoms with van der Waals surface area (Å²) in [5, 5.41) is 0. The summed E-state index contributed by atoms with van der Waals surface area (Å²) in [6.45, 7) is 4.36. The number of primary amides is 1. The van der Waals surface area contributed by atoms with Gasteiger partial charge in [-0.15, -0.1) is 0 Å². The van der Waals surface area contributed by atoms with Crippen LogP contribution in [0.4, 0.5) is 0 Å². The van der Waals surface area contributed by atoms with E-state index >= 15 is 0 Å². The molecule has 0 saturated heterocycles. The topological polar surface area (TPSA) is 101 Å². The predicted octanol–water partition coefficient (Wildman–Crippen LogP) is -0.555. The molecular weight excluding hydrogens is 186 g/mol. The summed E-state index contributed by atoms with van der Waals surface area (Å²) < 4.78 is 0. The Bertz CT molecular complexity index is 181. The molecule has 0 aliphatic heterocycles. The van der Waals surface area contributed by atoms with Crippen LogP contribution in [0.1, 0.15) is 33.1 Å². The van der Waals surface area contributed by atoms with Gasteiger partial charge in [0.2, 0.25) is 18.2 Å². The fourth-order valence-corrected chi connectivity index (χ4v) is 0.312. The average molecular weight is 203 g/mol. The van der Waals surface area contributed by atoms with Crippen LogP contribution in [0, 0.1) is 0 Å². The molecule has 0 aromatic heterocycles. The van der Waals surface area contributed by atoms with Crippen molar-refractivity contribution in [2.45, 2.75) is 33.1 Å². The first-order valence-corrected chi connectivity index (χ1v) is 4.34. The van der Waals surface area contributed by atoms with Gasteiger partial charge >= 0.3 is 0 Å². The van der Waals surface area contributed by atoms with Crippen molar-refractivity contribution in [1.82, 2.24) is 10.9 Å². The SMILES string of the molecule is CCCC.NC(=O)CC(=O)NNC=O. The Morgan fingerprint density at radius 3 is 2.07 bits per heavy atom. The lowest BCUT2D eigenvalue weighted by Crippen LogP contribution is -2.38. The standard InChI is InChI=1S/C4H7N3O3.C4H10/c5-3(9)1-4(10)7-6-2-8;1-3-4-2/h2H,1H2,(H2,5,9)(H,6,8)(H,7,10);3-4H2,1-2H3. The zero-order valence-electron chi connectivity index (χ0n) is 8.50. The minimum Gasteiger partial charge on any atom is -0.369 e. The maximum absolute atomic E-state index is 10.4. The smallest absolute Gasteiger partial charge is 0.247 e. The molecule has 0 radical (unpaired) electrons. The molecule has 0 aliphatic rings.